The molecule has 0 saturated carbocycles. The van der Waals surface area contributed by atoms with E-state index in [2.05, 4.69) is 9.88 Å². The lowest BCUT2D eigenvalue weighted by molar-refractivity contribution is -0.141. The van der Waals surface area contributed by atoms with Gasteiger partial charge in [-0.15, -0.1) is 0 Å². The van der Waals surface area contributed by atoms with Crippen molar-refractivity contribution >= 4 is 23.7 Å². The van der Waals surface area contributed by atoms with Crippen molar-refractivity contribution in [1.29, 1.82) is 0 Å². The molecule has 1 aromatic rings. The fourth-order valence-corrected chi connectivity index (χ4v) is 4.71. The molecule has 162 valence electrons. The number of aliphatic carboxylic acids is 1. The smallest absolute Gasteiger partial charge is 0.411 e. The summed E-state index contributed by atoms with van der Waals surface area (Å²) in [5, 5.41) is 8.93. The summed E-state index contributed by atoms with van der Waals surface area (Å²) in [7, 11) is 0. The van der Waals surface area contributed by atoms with E-state index in [1.54, 1.807) is 22.2 Å². The Labute approximate surface area is 175 Å². The lowest BCUT2D eigenvalue weighted by Gasteiger charge is -2.36. The number of ether oxygens (including phenoxy) is 1. The minimum Gasteiger partial charge on any atom is -0.481 e. The number of anilines is 1. The highest BCUT2D eigenvalue weighted by Gasteiger charge is 2.42. The van der Waals surface area contributed by atoms with Crippen molar-refractivity contribution in [2.45, 2.75) is 44.2 Å². The number of likely N-dealkylation sites (tertiary alicyclic amines) is 1. The molecule has 1 N–H and O–H groups in total. The second-order valence-corrected chi connectivity index (χ2v) is 8.31. The van der Waals surface area contributed by atoms with Crippen molar-refractivity contribution in [2.75, 3.05) is 37.6 Å². The fourth-order valence-electron chi connectivity index (χ4n) is 4.71. The summed E-state index contributed by atoms with van der Waals surface area (Å²) in [5.74, 6) is -0.844. The molecule has 0 aliphatic carbocycles. The van der Waals surface area contributed by atoms with Gasteiger partial charge in [0, 0.05) is 56.7 Å². The maximum absolute atomic E-state index is 12.8. The zero-order valence-electron chi connectivity index (χ0n) is 17.0. The quantitative estimate of drug-likeness (QED) is 0.777. The molecule has 9 heteroatoms. The first-order chi connectivity index (χ1) is 14.5. The van der Waals surface area contributed by atoms with Crippen LogP contribution in [0.1, 0.15) is 32.1 Å². The molecule has 1 aromatic heterocycles. The van der Waals surface area contributed by atoms with E-state index in [1.165, 1.54) is 0 Å². The minimum absolute atomic E-state index is 0.0784. The number of rotatable bonds is 5. The lowest BCUT2D eigenvalue weighted by Crippen LogP contribution is -2.47. The van der Waals surface area contributed by atoms with Gasteiger partial charge in [0.05, 0.1) is 6.54 Å². The van der Waals surface area contributed by atoms with E-state index < -0.39 is 18.2 Å². The topological polar surface area (TPSA) is 103 Å². The Hall–Kier alpha value is -2.84. The van der Waals surface area contributed by atoms with Gasteiger partial charge in [-0.05, 0) is 43.7 Å². The molecule has 3 saturated heterocycles. The molecule has 9 nitrogen and oxygen atoms in total. The van der Waals surface area contributed by atoms with Crippen molar-refractivity contribution in [3.8, 4) is 0 Å². The highest BCUT2D eigenvalue weighted by atomic mass is 16.6. The number of pyridine rings is 1. The van der Waals surface area contributed by atoms with Crippen LogP contribution in [0.15, 0.2) is 24.5 Å². The minimum atomic E-state index is -0.796. The first kappa shape index (κ1) is 20.4. The normalized spacial score (nSPS) is 23.5. The van der Waals surface area contributed by atoms with Gasteiger partial charge in [0.2, 0.25) is 0 Å². The Balaban J connectivity index is 1.27. The first-order valence-electron chi connectivity index (χ1n) is 10.6. The van der Waals surface area contributed by atoms with Crippen LogP contribution in [0, 0.1) is 5.92 Å². The molecule has 1 atom stereocenters. The molecule has 4 rings (SSSR count). The molecule has 0 radical (unpaired) electrons. The number of amides is 2. The third kappa shape index (κ3) is 4.49. The van der Waals surface area contributed by atoms with E-state index >= 15 is 0 Å². The summed E-state index contributed by atoms with van der Waals surface area (Å²) in [6.45, 7) is 3.03. The maximum Gasteiger partial charge on any atom is 0.411 e. The van der Waals surface area contributed by atoms with Crippen molar-refractivity contribution in [2.24, 2.45) is 5.92 Å². The van der Waals surface area contributed by atoms with Crippen LogP contribution in [0.25, 0.3) is 0 Å². The Morgan fingerprint density at radius 2 is 1.73 bits per heavy atom. The number of piperidine rings is 2. The number of carbonyl (C=O) groups is 3. The Bertz CT molecular complexity index is 773. The summed E-state index contributed by atoms with van der Waals surface area (Å²) in [6.07, 6.45) is 5.55. The van der Waals surface area contributed by atoms with Crippen LogP contribution in [0.3, 0.4) is 0 Å². The standard InChI is InChI=1S/C21H28N4O5/c26-19(27)13-15-3-9-24(10-4-15)20(28)18-14-25(21(29)30-18)17-5-11-23(12-6-17)16-1-7-22-8-2-16/h1-2,7-8,15,17-18H,3-6,9-14H2,(H,26,27). The number of hydrogen-bond donors (Lipinski definition) is 1. The van der Waals surface area contributed by atoms with E-state index in [1.807, 2.05) is 12.1 Å². The van der Waals surface area contributed by atoms with Crippen molar-refractivity contribution in [3.63, 3.8) is 0 Å². The van der Waals surface area contributed by atoms with Crippen molar-refractivity contribution < 1.29 is 24.2 Å². The SMILES string of the molecule is O=C(O)CC1CCN(C(=O)C2CN(C3CCN(c4ccncc4)CC3)C(=O)O2)CC1. The molecule has 0 aromatic carbocycles. The monoisotopic (exact) mass is 416 g/mol. The van der Waals surface area contributed by atoms with Gasteiger partial charge in [-0.1, -0.05) is 0 Å². The average molecular weight is 416 g/mol. The van der Waals surface area contributed by atoms with Gasteiger partial charge in [0.1, 0.15) is 0 Å². The summed E-state index contributed by atoms with van der Waals surface area (Å²) in [5.41, 5.74) is 1.13. The highest BCUT2D eigenvalue weighted by molar-refractivity contribution is 5.86. The number of carbonyl (C=O) groups excluding carboxylic acids is 2. The third-order valence-corrected chi connectivity index (χ3v) is 6.44. The average Bonchev–Trinajstić information content (AvgIpc) is 3.16. The van der Waals surface area contributed by atoms with E-state index in [-0.39, 0.29) is 24.3 Å². The van der Waals surface area contributed by atoms with Crippen LogP contribution < -0.4 is 4.90 Å². The highest BCUT2D eigenvalue weighted by Crippen LogP contribution is 2.27. The third-order valence-electron chi connectivity index (χ3n) is 6.44. The molecular formula is C21H28N4O5. The summed E-state index contributed by atoms with van der Waals surface area (Å²) >= 11 is 0. The van der Waals surface area contributed by atoms with Crippen LogP contribution in [0.2, 0.25) is 0 Å². The largest absolute Gasteiger partial charge is 0.481 e. The van der Waals surface area contributed by atoms with E-state index in [0.717, 1.165) is 31.6 Å². The van der Waals surface area contributed by atoms with Crippen LogP contribution in [-0.4, -0.2) is 82.7 Å². The first-order valence-corrected chi connectivity index (χ1v) is 10.6. The number of cyclic esters (lactones) is 1. The van der Waals surface area contributed by atoms with Gasteiger partial charge in [-0.25, -0.2) is 4.79 Å². The van der Waals surface area contributed by atoms with Gasteiger partial charge in [0.15, 0.2) is 6.10 Å². The molecule has 2 amide bonds. The Kier molecular flexibility index (Phi) is 6.06. The molecule has 0 bridgehead atoms. The molecule has 3 aliphatic heterocycles. The van der Waals surface area contributed by atoms with Crippen LogP contribution in [-0.2, 0) is 14.3 Å². The number of nitrogens with zero attached hydrogens (tertiary/aromatic N) is 4. The van der Waals surface area contributed by atoms with E-state index in [9.17, 15) is 14.4 Å². The van der Waals surface area contributed by atoms with Crippen LogP contribution >= 0.6 is 0 Å². The van der Waals surface area contributed by atoms with Gasteiger partial charge in [0.25, 0.3) is 5.91 Å². The number of aromatic nitrogens is 1. The zero-order chi connectivity index (χ0) is 21.1. The van der Waals surface area contributed by atoms with Crippen LogP contribution in [0.4, 0.5) is 10.5 Å². The zero-order valence-corrected chi connectivity index (χ0v) is 17.0. The molecule has 0 spiro atoms. The Morgan fingerprint density at radius 3 is 2.37 bits per heavy atom. The maximum atomic E-state index is 12.8. The van der Waals surface area contributed by atoms with E-state index in [0.29, 0.717) is 32.5 Å². The van der Waals surface area contributed by atoms with Gasteiger partial charge in [-0.3, -0.25) is 14.6 Å². The second kappa shape index (κ2) is 8.89. The molecule has 1 unspecified atom stereocenters. The van der Waals surface area contributed by atoms with Crippen molar-refractivity contribution in [1.82, 2.24) is 14.8 Å². The predicted molar refractivity (Wildman–Crippen MR) is 108 cm³/mol. The fraction of sp³-hybridized carbons (Fsp3) is 0.619. The van der Waals surface area contributed by atoms with Crippen LogP contribution in [0.5, 0.6) is 0 Å². The molecule has 3 fully saturated rings. The second-order valence-electron chi connectivity index (χ2n) is 8.31. The molecule has 30 heavy (non-hydrogen) atoms. The lowest BCUT2D eigenvalue weighted by atomic mass is 9.93. The molecule has 3 aliphatic rings. The van der Waals surface area contributed by atoms with Crippen molar-refractivity contribution in [3.05, 3.63) is 24.5 Å². The number of carboxylic acid groups (broad SMARTS) is 1. The summed E-state index contributed by atoms with van der Waals surface area (Å²) in [4.78, 5) is 45.9. The predicted octanol–water partition coefficient (Wildman–Crippen LogP) is 1.58. The molecular weight excluding hydrogens is 388 g/mol. The summed E-state index contributed by atoms with van der Waals surface area (Å²) < 4.78 is 5.42. The van der Waals surface area contributed by atoms with E-state index in [4.69, 9.17) is 9.84 Å². The van der Waals surface area contributed by atoms with Gasteiger partial charge >= 0.3 is 12.1 Å². The van der Waals surface area contributed by atoms with Gasteiger partial charge in [-0.2, -0.15) is 0 Å². The number of carboxylic acids is 1. The Morgan fingerprint density at radius 1 is 1.07 bits per heavy atom. The molecule has 4 heterocycles. The summed E-state index contributed by atoms with van der Waals surface area (Å²) in [6, 6.07) is 4.05. The van der Waals surface area contributed by atoms with Gasteiger partial charge < -0.3 is 24.5 Å². The number of hydrogen-bond acceptors (Lipinski definition) is 6.